The Kier molecular flexibility index (Phi) is 3.52. The summed E-state index contributed by atoms with van der Waals surface area (Å²) < 4.78 is 6.78. The van der Waals surface area contributed by atoms with Crippen LogP contribution in [0.15, 0.2) is 0 Å². The zero-order valence-electron chi connectivity index (χ0n) is 9.76. The van der Waals surface area contributed by atoms with Crippen LogP contribution in [0, 0.1) is 13.8 Å². The number of hydrogen-bond donors (Lipinski definition) is 1. The van der Waals surface area contributed by atoms with Crippen molar-refractivity contribution in [2.24, 2.45) is 12.8 Å². The average Bonchev–Trinajstić information content (AvgIpc) is 2.44. The maximum absolute atomic E-state index is 11.6. The lowest BCUT2D eigenvalue weighted by Crippen LogP contribution is -2.09. The minimum atomic E-state index is -0.278. The van der Waals surface area contributed by atoms with Gasteiger partial charge in [0.25, 0.3) is 0 Å². The van der Waals surface area contributed by atoms with Crippen LogP contribution in [0.4, 0.5) is 0 Å². The minimum Gasteiger partial charge on any atom is -0.465 e. The standard InChI is InChI=1S/C11H18N2O2/c1-7-9(5-6-12)10(11(14)15-4)8(2)13(7)3/h5-6,12H2,1-4H3. The van der Waals surface area contributed by atoms with Crippen molar-refractivity contribution in [1.29, 1.82) is 0 Å². The first-order valence-electron chi connectivity index (χ1n) is 4.97. The molecule has 2 N–H and O–H groups in total. The normalized spacial score (nSPS) is 10.5. The van der Waals surface area contributed by atoms with Crippen LogP contribution >= 0.6 is 0 Å². The average molecular weight is 210 g/mol. The molecule has 0 aliphatic carbocycles. The highest BCUT2D eigenvalue weighted by Gasteiger charge is 2.21. The molecular weight excluding hydrogens is 192 g/mol. The maximum atomic E-state index is 11.6. The van der Waals surface area contributed by atoms with Gasteiger partial charge in [-0.1, -0.05) is 0 Å². The van der Waals surface area contributed by atoms with E-state index in [1.807, 2.05) is 25.5 Å². The second-order valence-electron chi connectivity index (χ2n) is 3.61. The van der Waals surface area contributed by atoms with Crippen molar-refractivity contribution in [2.75, 3.05) is 13.7 Å². The summed E-state index contributed by atoms with van der Waals surface area (Å²) in [5, 5.41) is 0. The van der Waals surface area contributed by atoms with Gasteiger partial charge < -0.3 is 15.0 Å². The number of rotatable bonds is 3. The molecule has 0 saturated carbocycles. The number of carbonyl (C=O) groups excluding carboxylic acids is 1. The Bertz CT molecular complexity index is 380. The topological polar surface area (TPSA) is 57.2 Å². The number of nitrogens with two attached hydrogens (primary N) is 1. The predicted octanol–water partition coefficient (Wildman–Crippen LogP) is 0.930. The molecule has 0 saturated heterocycles. The van der Waals surface area contributed by atoms with E-state index in [0.717, 1.165) is 17.0 Å². The number of carbonyl (C=O) groups is 1. The largest absolute Gasteiger partial charge is 0.465 e. The molecule has 15 heavy (non-hydrogen) atoms. The van der Waals surface area contributed by atoms with Gasteiger partial charge in [0, 0.05) is 18.4 Å². The molecule has 0 aliphatic heterocycles. The lowest BCUT2D eigenvalue weighted by atomic mass is 10.1. The molecule has 0 fully saturated rings. The van der Waals surface area contributed by atoms with Crippen LogP contribution in [0.5, 0.6) is 0 Å². The Morgan fingerprint density at radius 3 is 2.47 bits per heavy atom. The fourth-order valence-corrected chi connectivity index (χ4v) is 1.84. The number of nitrogens with zero attached hydrogens (tertiary/aromatic N) is 1. The van der Waals surface area contributed by atoms with Crippen molar-refractivity contribution in [3.05, 3.63) is 22.5 Å². The highest BCUT2D eigenvalue weighted by molar-refractivity contribution is 5.93. The van der Waals surface area contributed by atoms with Crippen LogP contribution in [-0.2, 0) is 18.2 Å². The molecule has 0 aromatic carbocycles. The molecule has 4 nitrogen and oxygen atoms in total. The number of ether oxygens (including phenoxy) is 1. The number of aromatic nitrogens is 1. The van der Waals surface area contributed by atoms with E-state index in [1.165, 1.54) is 7.11 Å². The van der Waals surface area contributed by atoms with Crippen LogP contribution in [-0.4, -0.2) is 24.2 Å². The molecule has 84 valence electrons. The van der Waals surface area contributed by atoms with E-state index in [-0.39, 0.29) is 5.97 Å². The predicted molar refractivity (Wildman–Crippen MR) is 59.0 cm³/mol. The third kappa shape index (κ3) is 1.90. The molecule has 1 rings (SSSR count). The summed E-state index contributed by atoms with van der Waals surface area (Å²) in [5.74, 6) is -0.278. The molecule has 0 aliphatic rings. The van der Waals surface area contributed by atoms with Gasteiger partial charge in [-0.2, -0.15) is 0 Å². The first-order valence-corrected chi connectivity index (χ1v) is 4.97. The van der Waals surface area contributed by atoms with E-state index in [4.69, 9.17) is 10.5 Å². The molecule has 0 bridgehead atoms. The Hall–Kier alpha value is -1.29. The second kappa shape index (κ2) is 4.49. The lowest BCUT2D eigenvalue weighted by molar-refractivity contribution is 0.0598. The maximum Gasteiger partial charge on any atom is 0.339 e. The fraction of sp³-hybridized carbons (Fsp3) is 0.545. The Morgan fingerprint density at radius 2 is 2.00 bits per heavy atom. The van der Waals surface area contributed by atoms with Crippen molar-refractivity contribution in [2.45, 2.75) is 20.3 Å². The zero-order valence-corrected chi connectivity index (χ0v) is 9.76. The summed E-state index contributed by atoms with van der Waals surface area (Å²) in [7, 11) is 3.34. The van der Waals surface area contributed by atoms with Crippen LogP contribution < -0.4 is 5.73 Å². The van der Waals surface area contributed by atoms with Gasteiger partial charge in [0.2, 0.25) is 0 Å². The zero-order chi connectivity index (χ0) is 11.6. The van der Waals surface area contributed by atoms with Crippen molar-refractivity contribution in [3.8, 4) is 0 Å². The van der Waals surface area contributed by atoms with Crippen LogP contribution in [0.2, 0.25) is 0 Å². The van der Waals surface area contributed by atoms with Crippen LogP contribution in [0.3, 0.4) is 0 Å². The Labute approximate surface area is 90.0 Å². The molecule has 4 heteroatoms. The van der Waals surface area contributed by atoms with E-state index in [2.05, 4.69) is 0 Å². The third-order valence-corrected chi connectivity index (χ3v) is 2.89. The van der Waals surface area contributed by atoms with Crippen molar-refractivity contribution < 1.29 is 9.53 Å². The van der Waals surface area contributed by atoms with Gasteiger partial charge >= 0.3 is 5.97 Å². The summed E-state index contributed by atoms with van der Waals surface area (Å²) in [5.41, 5.74) is 9.23. The molecular formula is C11H18N2O2. The fourth-order valence-electron chi connectivity index (χ4n) is 1.84. The first-order chi connectivity index (χ1) is 7.04. The van der Waals surface area contributed by atoms with E-state index in [9.17, 15) is 4.79 Å². The summed E-state index contributed by atoms with van der Waals surface area (Å²) in [6.45, 7) is 4.44. The van der Waals surface area contributed by atoms with Gasteiger partial charge in [-0.05, 0) is 32.4 Å². The number of esters is 1. The van der Waals surface area contributed by atoms with E-state index >= 15 is 0 Å². The summed E-state index contributed by atoms with van der Waals surface area (Å²) in [6.07, 6.45) is 0.706. The van der Waals surface area contributed by atoms with E-state index in [0.29, 0.717) is 18.5 Å². The molecule has 0 atom stereocenters. The molecule has 0 spiro atoms. The molecule has 0 radical (unpaired) electrons. The third-order valence-electron chi connectivity index (χ3n) is 2.89. The lowest BCUT2D eigenvalue weighted by Gasteiger charge is -2.02. The van der Waals surface area contributed by atoms with Gasteiger partial charge in [-0.15, -0.1) is 0 Å². The molecule has 1 heterocycles. The number of hydrogen-bond acceptors (Lipinski definition) is 3. The highest BCUT2D eigenvalue weighted by Crippen LogP contribution is 2.22. The van der Waals surface area contributed by atoms with Gasteiger partial charge in [0.15, 0.2) is 0 Å². The van der Waals surface area contributed by atoms with Crippen molar-refractivity contribution >= 4 is 5.97 Å². The highest BCUT2D eigenvalue weighted by atomic mass is 16.5. The monoisotopic (exact) mass is 210 g/mol. The summed E-state index contributed by atoms with van der Waals surface area (Å²) in [4.78, 5) is 11.6. The van der Waals surface area contributed by atoms with Crippen molar-refractivity contribution in [3.63, 3.8) is 0 Å². The van der Waals surface area contributed by atoms with Crippen LogP contribution in [0.25, 0.3) is 0 Å². The van der Waals surface area contributed by atoms with E-state index in [1.54, 1.807) is 0 Å². The number of methoxy groups -OCH3 is 1. The Balaban J connectivity index is 3.33. The molecule has 1 aromatic heterocycles. The first kappa shape index (κ1) is 11.8. The van der Waals surface area contributed by atoms with Gasteiger partial charge in [-0.25, -0.2) is 4.79 Å². The van der Waals surface area contributed by atoms with Crippen LogP contribution in [0.1, 0.15) is 27.3 Å². The summed E-state index contributed by atoms with van der Waals surface area (Å²) >= 11 is 0. The smallest absolute Gasteiger partial charge is 0.339 e. The summed E-state index contributed by atoms with van der Waals surface area (Å²) in [6, 6.07) is 0. The molecule has 0 amide bonds. The van der Waals surface area contributed by atoms with E-state index < -0.39 is 0 Å². The SMILES string of the molecule is COC(=O)c1c(CCN)c(C)n(C)c1C. The Morgan fingerprint density at radius 1 is 1.40 bits per heavy atom. The van der Waals surface area contributed by atoms with Gasteiger partial charge in [0.1, 0.15) is 0 Å². The molecule has 1 aromatic rings. The molecule has 0 unspecified atom stereocenters. The second-order valence-corrected chi connectivity index (χ2v) is 3.61. The van der Waals surface area contributed by atoms with Gasteiger partial charge in [-0.3, -0.25) is 0 Å². The van der Waals surface area contributed by atoms with Crippen molar-refractivity contribution in [1.82, 2.24) is 4.57 Å². The minimum absolute atomic E-state index is 0.278. The van der Waals surface area contributed by atoms with Gasteiger partial charge in [0.05, 0.1) is 12.7 Å². The quantitative estimate of drug-likeness (QED) is 0.755.